The van der Waals surface area contributed by atoms with Crippen LogP contribution in [0.3, 0.4) is 0 Å². The molecule has 1 N–H and O–H groups in total. The zero-order chi connectivity index (χ0) is 9.64. The lowest BCUT2D eigenvalue weighted by molar-refractivity contribution is 0.994. The predicted octanol–water partition coefficient (Wildman–Crippen LogP) is 2.34. The van der Waals surface area contributed by atoms with Crippen LogP contribution in [-0.2, 0) is 0 Å². The van der Waals surface area contributed by atoms with Gasteiger partial charge < -0.3 is 0 Å². The van der Waals surface area contributed by atoms with Crippen LogP contribution in [0.2, 0.25) is 0 Å². The third-order valence-corrected chi connectivity index (χ3v) is 1.72. The van der Waals surface area contributed by atoms with Gasteiger partial charge in [-0.25, -0.2) is 4.98 Å². The first-order valence-electron chi connectivity index (χ1n) is 4.38. The van der Waals surface area contributed by atoms with Crippen LogP contribution < -0.4 is 10.9 Å². The van der Waals surface area contributed by atoms with Crippen LogP contribution in [0.1, 0.15) is 0 Å². The highest BCUT2D eigenvalue weighted by atomic mass is 15.4. The van der Waals surface area contributed by atoms with Crippen LogP contribution in [-0.4, -0.2) is 4.98 Å². The van der Waals surface area contributed by atoms with Crippen LogP contribution >= 0.6 is 0 Å². The minimum atomic E-state index is 0.677. The van der Waals surface area contributed by atoms with Crippen molar-refractivity contribution in [3.05, 3.63) is 54.7 Å². The van der Waals surface area contributed by atoms with E-state index in [-0.39, 0.29) is 0 Å². The van der Waals surface area contributed by atoms with E-state index >= 15 is 0 Å². The Balaban J connectivity index is 1.96. The monoisotopic (exact) mass is 184 g/mol. The summed E-state index contributed by atoms with van der Waals surface area (Å²) in [5, 5.41) is 0. The van der Waals surface area contributed by atoms with Crippen molar-refractivity contribution in [2.24, 2.45) is 0 Å². The molecule has 1 radical (unpaired) electrons. The molecule has 0 atom stereocenters. The number of hydrogen-bond acceptors (Lipinski definition) is 2. The third kappa shape index (κ3) is 2.23. The van der Waals surface area contributed by atoms with Gasteiger partial charge >= 0.3 is 0 Å². The standard InChI is InChI=1S/C11H10N3/c1-2-6-10(7-3-1)13-14-11-8-4-5-9-12-11/h1-9,13H. The molecule has 0 aliphatic heterocycles. The van der Waals surface area contributed by atoms with E-state index < -0.39 is 0 Å². The number of nitrogens with zero attached hydrogens (tertiary/aromatic N) is 2. The van der Waals surface area contributed by atoms with E-state index in [1.54, 1.807) is 6.20 Å². The molecule has 3 nitrogen and oxygen atoms in total. The van der Waals surface area contributed by atoms with Gasteiger partial charge in [0.05, 0.1) is 5.69 Å². The zero-order valence-electron chi connectivity index (χ0n) is 7.59. The summed E-state index contributed by atoms with van der Waals surface area (Å²) in [4.78, 5) is 4.06. The van der Waals surface area contributed by atoms with Crippen LogP contribution in [0.15, 0.2) is 54.7 Å². The van der Waals surface area contributed by atoms with Crippen LogP contribution in [0.25, 0.3) is 0 Å². The fourth-order valence-electron chi connectivity index (χ4n) is 1.05. The van der Waals surface area contributed by atoms with E-state index in [9.17, 15) is 0 Å². The van der Waals surface area contributed by atoms with Crippen LogP contribution in [0.4, 0.5) is 11.5 Å². The van der Waals surface area contributed by atoms with Gasteiger partial charge in [-0.3, -0.25) is 5.43 Å². The Labute approximate surface area is 82.8 Å². The number of benzene rings is 1. The topological polar surface area (TPSA) is 39.0 Å². The predicted molar refractivity (Wildman–Crippen MR) is 56.1 cm³/mol. The second kappa shape index (κ2) is 4.28. The number of rotatable bonds is 3. The highest BCUT2D eigenvalue weighted by Crippen LogP contribution is 2.06. The average Bonchev–Trinajstić information content (AvgIpc) is 2.29. The summed E-state index contributed by atoms with van der Waals surface area (Å²) in [5.41, 5.74) is 8.00. The number of anilines is 1. The minimum Gasteiger partial charge on any atom is -0.276 e. The van der Waals surface area contributed by atoms with Gasteiger partial charge in [-0.1, -0.05) is 24.3 Å². The Bertz CT molecular complexity index is 333. The molecule has 1 aromatic heterocycles. The maximum atomic E-state index is 4.12. The van der Waals surface area contributed by atoms with E-state index in [2.05, 4.69) is 15.8 Å². The van der Waals surface area contributed by atoms with Crippen molar-refractivity contribution in [3.63, 3.8) is 0 Å². The van der Waals surface area contributed by atoms with E-state index in [1.807, 2.05) is 48.5 Å². The highest BCUT2D eigenvalue weighted by molar-refractivity contribution is 5.43. The van der Waals surface area contributed by atoms with Gasteiger partial charge in [0.2, 0.25) is 0 Å². The van der Waals surface area contributed by atoms with Crippen molar-refractivity contribution in [1.82, 2.24) is 10.4 Å². The molecule has 0 bridgehead atoms. The first kappa shape index (κ1) is 8.56. The first-order chi connectivity index (χ1) is 6.95. The summed E-state index contributed by atoms with van der Waals surface area (Å²) in [5.74, 6) is 0.677. The lowest BCUT2D eigenvalue weighted by Crippen LogP contribution is -2.07. The molecule has 0 fully saturated rings. The molecule has 2 aromatic rings. The SMILES string of the molecule is c1ccc(N[N]c2ccccn2)cc1. The van der Waals surface area contributed by atoms with E-state index in [0.717, 1.165) is 5.69 Å². The van der Waals surface area contributed by atoms with E-state index in [4.69, 9.17) is 0 Å². The van der Waals surface area contributed by atoms with Gasteiger partial charge in [0.15, 0.2) is 5.82 Å². The summed E-state index contributed by atoms with van der Waals surface area (Å²) in [6.45, 7) is 0. The smallest absolute Gasteiger partial charge is 0.171 e. The summed E-state index contributed by atoms with van der Waals surface area (Å²) < 4.78 is 0. The summed E-state index contributed by atoms with van der Waals surface area (Å²) in [6, 6.07) is 15.4. The van der Waals surface area contributed by atoms with Crippen LogP contribution in [0.5, 0.6) is 0 Å². The number of nitrogens with one attached hydrogen (secondary N) is 1. The number of pyridine rings is 1. The molecule has 0 aliphatic rings. The van der Waals surface area contributed by atoms with Crippen molar-refractivity contribution in [3.8, 4) is 0 Å². The Morgan fingerprint density at radius 2 is 1.71 bits per heavy atom. The molecular weight excluding hydrogens is 174 g/mol. The third-order valence-electron chi connectivity index (χ3n) is 1.72. The highest BCUT2D eigenvalue weighted by Gasteiger charge is 1.92. The fraction of sp³-hybridized carbons (Fsp3) is 0. The molecule has 0 saturated heterocycles. The number of hydrogen-bond donors (Lipinski definition) is 1. The number of para-hydroxylation sites is 1. The van der Waals surface area contributed by atoms with Crippen molar-refractivity contribution >= 4 is 11.5 Å². The Hall–Kier alpha value is -2.03. The molecule has 0 aliphatic carbocycles. The number of aromatic nitrogens is 1. The molecule has 2 rings (SSSR count). The van der Waals surface area contributed by atoms with Gasteiger partial charge in [0, 0.05) is 6.20 Å². The summed E-state index contributed by atoms with van der Waals surface area (Å²) >= 11 is 0. The van der Waals surface area contributed by atoms with Crippen LogP contribution in [0, 0.1) is 0 Å². The Morgan fingerprint density at radius 3 is 2.43 bits per heavy atom. The second-order valence-corrected chi connectivity index (χ2v) is 2.78. The second-order valence-electron chi connectivity index (χ2n) is 2.78. The largest absolute Gasteiger partial charge is 0.276 e. The summed E-state index contributed by atoms with van der Waals surface area (Å²) in [6.07, 6.45) is 1.71. The van der Waals surface area contributed by atoms with Crippen molar-refractivity contribution in [1.29, 1.82) is 0 Å². The van der Waals surface area contributed by atoms with Crippen molar-refractivity contribution in [2.45, 2.75) is 0 Å². The quantitative estimate of drug-likeness (QED) is 0.743. The molecule has 3 heteroatoms. The molecule has 69 valence electrons. The molecule has 0 amide bonds. The Morgan fingerprint density at radius 1 is 0.929 bits per heavy atom. The van der Waals surface area contributed by atoms with Gasteiger partial charge in [0.25, 0.3) is 0 Å². The lowest BCUT2D eigenvalue weighted by atomic mass is 10.3. The first-order valence-corrected chi connectivity index (χ1v) is 4.38. The molecule has 0 unspecified atom stereocenters. The molecule has 1 heterocycles. The van der Waals surface area contributed by atoms with Gasteiger partial charge in [-0.2, -0.15) is 5.43 Å². The molecular formula is C11H10N3. The molecule has 0 saturated carbocycles. The van der Waals surface area contributed by atoms with E-state index in [0.29, 0.717) is 5.82 Å². The maximum Gasteiger partial charge on any atom is 0.171 e. The average molecular weight is 184 g/mol. The lowest BCUT2D eigenvalue weighted by Gasteiger charge is -2.03. The van der Waals surface area contributed by atoms with Gasteiger partial charge in [-0.15, -0.1) is 0 Å². The normalized spacial score (nSPS) is 9.43. The van der Waals surface area contributed by atoms with Gasteiger partial charge in [-0.05, 0) is 24.3 Å². The van der Waals surface area contributed by atoms with Crippen molar-refractivity contribution in [2.75, 3.05) is 5.43 Å². The maximum absolute atomic E-state index is 4.12. The molecule has 0 spiro atoms. The minimum absolute atomic E-state index is 0.677. The van der Waals surface area contributed by atoms with Gasteiger partial charge in [0.1, 0.15) is 0 Å². The Kier molecular flexibility index (Phi) is 2.62. The fourth-order valence-corrected chi connectivity index (χ4v) is 1.05. The van der Waals surface area contributed by atoms with E-state index in [1.165, 1.54) is 0 Å². The van der Waals surface area contributed by atoms with Crippen molar-refractivity contribution < 1.29 is 0 Å². The summed E-state index contributed by atoms with van der Waals surface area (Å²) in [7, 11) is 0. The zero-order valence-corrected chi connectivity index (χ0v) is 7.59. The molecule has 14 heavy (non-hydrogen) atoms. The molecule has 1 aromatic carbocycles.